The number of hydrogen-bond acceptors (Lipinski definition) is 2. The van der Waals surface area contributed by atoms with Gasteiger partial charge in [0.05, 0.1) is 0 Å². The molecule has 4 heteroatoms. The maximum Gasteiger partial charge on any atom is 0.247 e. The Kier molecular flexibility index (Phi) is 3.42. The molecule has 0 bridgehead atoms. The minimum atomic E-state index is -0.184. The number of anilines is 2. The number of rotatable bonds is 2. The molecule has 0 fully saturated rings. The van der Waals surface area contributed by atoms with Crippen molar-refractivity contribution in [2.24, 2.45) is 0 Å². The van der Waals surface area contributed by atoms with E-state index in [2.05, 4.69) is 39.3 Å². The fourth-order valence-corrected chi connectivity index (χ4v) is 2.58. The Morgan fingerprint density at radius 2 is 1.89 bits per heavy atom. The van der Waals surface area contributed by atoms with Gasteiger partial charge in [-0.3, -0.25) is 4.79 Å². The molecule has 0 saturated heterocycles. The van der Waals surface area contributed by atoms with Crippen LogP contribution >= 0.6 is 22.6 Å². The van der Waals surface area contributed by atoms with Gasteiger partial charge in [0.15, 0.2) is 0 Å². The van der Waals surface area contributed by atoms with E-state index in [0.717, 1.165) is 21.4 Å². The van der Waals surface area contributed by atoms with Gasteiger partial charge >= 0.3 is 0 Å². The number of halogens is 1. The molecule has 0 saturated carbocycles. The highest BCUT2D eigenvalue weighted by Crippen LogP contribution is 2.25. The fourth-order valence-electron chi connectivity index (χ4n) is 2.22. The van der Waals surface area contributed by atoms with Gasteiger partial charge in [-0.25, -0.2) is 0 Å². The zero-order valence-electron chi connectivity index (χ0n) is 10.2. The molecule has 0 unspecified atom stereocenters. The average molecular weight is 364 g/mol. The third-order valence-electron chi connectivity index (χ3n) is 3.20. The number of carbonyl (C=O) groups excluding carboxylic acids is 1. The van der Waals surface area contributed by atoms with Crippen LogP contribution in [0.3, 0.4) is 0 Å². The van der Waals surface area contributed by atoms with Crippen LogP contribution in [0, 0.1) is 3.57 Å². The van der Waals surface area contributed by atoms with Crippen LogP contribution in [0.4, 0.5) is 11.4 Å². The van der Waals surface area contributed by atoms with E-state index in [-0.39, 0.29) is 11.9 Å². The highest BCUT2D eigenvalue weighted by molar-refractivity contribution is 14.1. The normalized spacial score (nSPS) is 16.6. The van der Waals surface area contributed by atoms with E-state index in [4.69, 9.17) is 0 Å². The zero-order chi connectivity index (χ0) is 13.2. The van der Waals surface area contributed by atoms with Gasteiger partial charge in [0.25, 0.3) is 0 Å². The minimum Gasteiger partial charge on any atom is -0.373 e. The molecule has 1 aliphatic rings. The Hall–Kier alpha value is -1.56. The first kappa shape index (κ1) is 12.5. The van der Waals surface area contributed by atoms with E-state index >= 15 is 0 Å². The lowest BCUT2D eigenvalue weighted by Crippen LogP contribution is -2.32. The average Bonchev–Trinajstić information content (AvgIpc) is 2.85. The second-order valence-electron chi connectivity index (χ2n) is 4.55. The summed E-state index contributed by atoms with van der Waals surface area (Å²) >= 11 is 2.24. The highest BCUT2D eigenvalue weighted by atomic mass is 127. The Morgan fingerprint density at radius 3 is 2.63 bits per heavy atom. The topological polar surface area (TPSA) is 41.1 Å². The number of fused-ring (bicyclic) bond motifs is 1. The first-order valence-corrected chi connectivity index (χ1v) is 7.21. The quantitative estimate of drug-likeness (QED) is 0.804. The van der Waals surface area contributed by atoms with Gasteiger partial charge < -0.3 is 10.6 Å². The van der Waals surface area contributed by atoms with Gasteiger partial charge in [-0.1, -0.05) is 18.2 Å². The maximum atomic E-state index is 12.2. The standard InChI is InChI=1S/C15H13IN2O/c16-11-5-7-12(8-6-11)17-15(19)14-9-10-3-1-2-4-13(10)18-14/h1-8,14,18H,9H2,(H,17,19)/t14-/m0/s1. The van der Waals surface area contributed by atoms with E-state index in [1.807, 2.05) is 42.5 Å². The van der Waals surface area contributed by atoms with Crippen molar-refractivity contribution < 1.29 is 4.79 Å². The zero-order valence-corrected chi connectivity index (χ0v) is 12.3. The van der Waals surface area contributed by atoms with Gasteiger partial charge in [0.1, 0.15) is 6.04 Å². The van der Waals surface area contributed by atoms with Crippen molar-refractivity contribution in [3.05, 3.63) is 57.7 Å². The van der Waals surface area contributed by atoms with Crippen molar-refractivity contribution >= 4 is 39.9 Å². The van der Waals surface area contributed by atoms with Gasteiger partial charge in [-0.2, -0.15) is 0 Å². The largest absolute Gasteiger partial charge is 0.373 e. The molecule has 0 radical (unpaired) electrons. The molecule has 1 aliphatic heterocycles. The molecule has 2 aromatic carbocycles. The lowest BCUT2D eigenvalue weighted by atomic mass is 10.1. The third kappa shape index (κ3) is 2.73. The monoisotopic (exact) mass is 364 g/mol. The van der Waals surface area contributed by atoms with E-state index in [0.29, 0.717) is 0 Å². The van der Waals surface area contributed by atoms with Gasteiger partial charge in [-0.05, 0) is 58.5 Å². The molecule has 1 heterocycles. The number of carbonyl (C=O) groups is 1. The molecule has 3 nitrogen and oxygen atoms in total. The number of nitrogens with one attached hydrogen (secondary N) is 2. The van der Waals surface area contributed by atoms with Crippen LogP contribution in [0.5, 0.6) is 0 Å². The number of para-hydroxylation sites is 1. The summed E-state index contributed by atoms with van der Waals surface area (Å²) in [6.45, 7) is 0. The van der Waals surface area contributed by atoms with Gasteiger partial charge in [0, 0.05) is 21.4 Å². The summed E-state index contributed by atoms with van der Waals surface area (Å²) in [7, 11) is 0. The van der Waals surface area contributed by atoms with Crippen LogP contribution in [0.1, 0.15) is 5.56 Å². The van der Waals surface area contributed by atoms with Gasteiger partial charge in [0.2, 0.25) is 5.91 Å². The molecule has 2 aromatic rings. The molecule has 2 N–H and O–H groups in total. The van der Waals surface area contributed by atoms with Crippen molar-refractivity contribution in [3.63, 3.8) is 0 Å². The smallest absolute Gasteiger partial charge is 0.247 e. The van der Waals surface area contributed by atoms with Crippen molar-refractivity contribution in [2.45, 2.75) is 12.5 Å². The van der Waals surface area contributed by atoms with Crippen LogP contribution in [0.2, 0.25) is 0 Å². The molecule has 3 rings (SSSR count). The molecule has 96 valence electrons. The fraction of sp³-hybridized carbons (Fsp3) is 0.133. The summed E-state index contributed by atoms with van der Waals surface area (Å²) in [5.41, 5.74) is 3.10. The lowest BCUT2D eigenvalue weighted by Gasteiger charge is -2.12. The summed E-state index contributed by atoms with van der Waals surface area (Å²) in [6.07, 6.45) is 0.742. The Balaban J connectivity index is 1.68. The summed E-state index contributed by atoms with van der Waals surface area (Å²) in [5, 5.41) is 6.19. The molecule has 0 spiro atoms. The Bertz CT molecular complexity index is 585. The van der Waals surface area contributed by atoms with Crippen LogP contribution in [0.15, 0.2) is 48.5 Å². The predicted octanol–water partition coefficient (Wildman–Crippen LogP) is 3.27. The number of amides is 1. The number of hydrogen-bond donors (Lipinski definition) is 2. The maximum absolute atomic E-state index is 12.2. The highest BCUT2D eigenvalue weighted by Gasteiger charge is 2.26. The van der Waals surface area contributed by atoms with Crippen molar-refractivity contribution in [1.29, 1.82) is 0 Å². The van der Waals surface area contributed by atoms with Crippen molar-refractivity contribution in [1.82, 2.24) is 0 Å². The molecule has 19 heavy (non-hydrogen) atoms. The number of benzene rings is 2. The second-order valence-corrected chi connectivity index (χ2v) is 5.80. The van der Waals surface area contributed by atoms with E-state index < -0.39 is 0 Å². The van der Waals surface area contributed by atoms with E-state index in [1.165, 1.54) is 5.56 Å². The molecular formula is C15H13IN2O. The van der Waals surface area contributed by atoms with Crippen molar-refractivity contribution in [2.75, 3.05) is 10.6 Å². The van der Waals surface area contributed by atoms with Crippen molar-refractivity contribution in [3.8, 4) is 0 Å². The molecule has 0 aromatic heterocycles. The molecule has 1 atom stereocenters. The van der Waals surface area contributed by atoms with E-state index in [1.54, 1.807) is 0 Å². The van der Waals surface area contributed by atoms with Crippen LogP contribution < -0.4 is 10.6 Å². The SMILES string of the molecule is O=C(Nc1ccc(I)cc1)[C@@H]1Cc2ccccc2N1. The summed E-state index contributed by atoms with van der Waals surface area (Å²) < 4.78 is 1.15. The first-order valence-electron chi connectivity index (χ1n) is 6.13. The third-order valence-corrected chi connectivity index (χ3v) is 3.92. The summed E-state index contributed by atoms with van der Waals surface area (Å²) in [6, 6.07) is 15.7. The molecular weight excluding hydrogens is 351 g/mol. The first-order chi connectivity index (χ1) is 9.22. The summed E-state index contributed by atoms with van der Waals surface area (Å²) in [4.78, 5) is 12.2. The molecule has 1 amide bonds. The van der Waals surface area contributed by atoms with E-state index in [9.17, 15) is 4.79 Å². The summed E-state index contributed by atoms with van der Waals surface area (Å²) in [5.74, 6) is 0.0115. The van der Waals surface area contributed by atoms with Crippen LogP contribution in [-0.4, -0.2) is 11.9 Å². The second kappa shape index (κ2) is 5.21. The minimum absolute atomic E-state index is 0.0115. The van der Waals surface area contributed by atoms with Crippen LogP contribution in [0.25, 0.3) is 0 Å². The lowest BCUT2D eigenvalue weighted by molar-refractivity contribution is -0.116. The Labute approximate surface area is 125 Å². The molecule has 0 aliphatic carbocycles. The predicted molar refractivity (Wildman–Crippen MR) is 85.3 cm³/mol. The Morgan fingerprint density at radius 1 is 1.16 bits per heavy atom. The van der Waals surface area contributed by atoms with Crippen LogP contribution in [-0.2, 0) is 11.2 Å². The van der Waals surface area contributed by atoms with Gasteiger partial charge in [-0.15, -0.1) is 0 Å².